The van der Waals surface area contributed by atoms with Crippen LogP contribution in [-0.4, -0.2) is 6.29 Å². The van der Waals surface area contributed by atoms with Crippen molar-refractivity contribution in [2.24, 2.45) is 0 Å². The summed E-state index contributed by atoms with van der Waals surface area (Å²) in [5, 5.41) is 0.505. The lowest BCUT2D eigenvalue weighted by molar-refractivity contribution is 0.112. The molecule has 18 heavy (non-hydrogen) atoms. The Labute approximate surface area is 111 Å². The smallest absolute Gasteiger partial charge is 0.150 e. The van der Waals surface area contributed by atoms with E-state index in [2.05, 4.69) is 0 Å². The maximum Gasteiger partial charge on any atom is 0.150 e. The van der Waals surface area contributed by atoms with Crippen LogP contribution in [0, 0.1) is 13.8 Å². The molecule has 0 bridgehead atoms. The Kier molecular flexibility index (Phi) is 3.39. The summed E-state index contributed by atoms with van der Waals surface area (Å²) in [6, 6.07) is 9.21. The zero-order chi connectivity index (χ0) is 13.3. The molecule has 0 amide bonds. The van der Waals surface area contributed by atoms with Crippen LogP contribution in [0.3, 0.4) is 0 Å². The van der Waals surface area contributed by atoms with E-state index in [1.165, 1.54) is 0 Å². The number of hydrogen-bond acceptors (Lipinski definition) is 2. The van der Waals surface area contributed by atoms with Gasteiger partial charge in [0.25, 0.3) is 0 Å². The van der Waals surface area contributed by atoms with Gasteiger partial charge in [0.05, 0.1) is 10.7 Å². The van der Waals surface area contributed by atoms with E-state index in [9.17, 15) is 4.79 Å². The highest BCUT2D eigenvalue weighted by molar-refractivity contribution is 6.33. The van der Waals surface area contributed by atoms with Crippen LogP contribution in [0.25, 0.3) is 11.1 Å². The van der Waals surface area contributed by atoms with Crippen LogP contribution in [0.4, 0.5) is 5.69 Å². The summed E-state index contributed by atoms with van der Waals surface area (Å²) in [6.45, 7) is 3.99. The quantitative estimate of drug-likeness (QED) is 0.654. The molecule has 3 heteroatoms. The average molecular weight is 260 g/mol. The Hall–Kier alpha value is -1.80. The first kappa shape index (κ1) is 12.7. The summed E-state index contributed by atoms with van der Waals surface area (Å²) >= 11 is 6.04. The van der Waals surface area contributed by atoms with Crippen LogP contribution >= 0.6 is 11.6 Å². The van der Waals surface area contributed by atoms with Crippen molar-refractivity contribution in [2.75, 3.05) is 5.73 Å². The number of benzene rings is 2. The Balaban J connectivity index is 2.81. The van der Waals surface area contributed by atoms with Gasteiger partial charge in [0.1, 0.15) is 0 Å². The molecule has 0 atom stereocenters. The third-order valence-corrected chi connectivity index (χ3v) is 3.55. The summed E-state index contributed by atoms with van der Waals surface area (Å²) in [5.41, 5.74) is 11.0. The molecule has 2 aromatic carbocycles. The van der Waals surface area contributed by atoms with Crippen molar-refractivity contribution in [3.05, 3.63) is 52.0 Å². The van der Waals surface area contributed by atoms with E-state index in [1.54, 1.807) is 6.07 Å². The maximum absolute atomic E-state index is 11.2. The lowest BCUT2D eigenvalue weighted by atomic mass is 9.92. The number of hydrogen-bond donors (Lipinski definition) is 1. The fraction of sp³-hybridized carbons (Fsp3) is 0.133. The average Bonchev–Trinajstić information content (AvgIpc) is 2.36. The standard InChI is InChI=1S/C15H14ClNO/c1-9-6-7-11(8-18)14(10(9)2)12-4-3-5-13(16)15(12)17/h3-8H,17H2,1-2H3. The van der Waals surface area contributed by atoms with Crippen LogP contribution in [0.2, 0.25) is 5.02 Å². The van der Waals surface area contributed by atoms with Crippen molar-refractivity contribution in [3.63, 3.8) is 0 Å². The molecule has 0 aliphatic rings. The monoisotopic (exact) mass is 259 g/mol. The molecule has 2 rings (SSSR count). The predicted molar refractivity (Wildman–Crippen MR) is 76.2 cm³/mol. The number of anilines is 1. The minimum Gasteiger partial charge on any atom is -0.397 e. The number of para-hydroxylation sites is 1. The molecule has 2 N–H and O–H groups in total. The van der Waals surface area contributed by atoms with Gasteiger partial charge in [0.15, 0.2) is 6.29 Å². The number of carbonyl (C=O) groups is 1. The second-order valence-electron chi connectivity index (χ2n) is 4.29. The van der Waals surface area contributed by atoms with Gasteiger partial charge in [-0.1, -0.05) is 35.9 Å². The number of nitrogen functional groups attached to an aromatic ring is 1. The van der Waals surface area contributed by atoms with Crippen molar-refractivity contribution >= 4 is 23.6 Å². The van der Waals surface area contributed by atoms with Crippen molar-refractivity contribution in [1.29, 1.82) is 0 Å². The fourth-order valence-electron chi connectivity index (χ4n) is 2.05. The highest BCUT2D eigenvalue weighted by Crippen LogP contribution is 2.36. The molecule has 0 saturated carbocycles. The Morgan fingerprint density at radius 2 is 1.89 bits per heavy atom. The van der Waals surface area contributed by atoms with Crippen molar-refractivity contribution in [1.82, 2.24) is 0 Å². The van der Waals surface area contributed by atoms with Gasteiger partial charge in [0.2, 0.25) is 0 Å². The third-order valence-electron chi connectivity index (χ3n) is 3.22. The molecule has 92 valence electrons. The third kappa shape index (κ3) is 2.00. The summed E-state index contributed by atoms with van der Waals surface area (Å²) in [7, 11) is 0. The second kappa shape index (κ2) is 4.83. The molecular formula is C15H14ClNO. The Bertz CT molecular complexity index is 620. The minimum absolute atomic E-state index is 0.505. The van der Waals surface area contributed by atoms with Crippen LogP contribution in [-0.2, 0) is 0 Å². The van der Waals surface area contributed by atoms with E-state index < -0.39 is 0 Å². The number of halogens is 1. The molecule has 0 radical (unpaired) electrons. The number of aryl methyl sites for hydroxylation is 1. The molecule has 0 aromatic heterocycles. The Morgan fingerprint density at radius 3 is 2.56 bits per heavy atom. The van der Waals surface area contributed by atoms with Crippen molar-refractivity contribution in [3.8, 4) is 11.1 Å². The van der Waals surface area contributed by atoms with Gasteiger partial charge in [-0.25, -0.2) is 0 Å². The minimum atomic E-state index is 0.505. The van der Waals surface area contributed by atoms with E-state index in [-0.39, 0.29) is 0 Å². The lowest BCUT2D eigenvalue weighted by Gasteiger charge is -2.14. The van der Waals surface area contributed by atoms with Crippen molar-refractivity contribution < 1.29 is 4.79 Å². The van der Waals surface area contributed by atoms with Crippen LogP contribution in [0.15, 0.2) is 30.3 Å². The highest BCUT2D eigenvalue weighted by Gasteiger charge is 2.13. The molecule has 2 nitrogen and oxygen atoms in total. The van der Waals surface area contributed by atoms with Crippen molar-refractivity contribution in [2.45, 2.75) is 13.8 Å². The van der Waals surface area contributed by atoms with Crippen LogP contribution in [0.5, 0.6) is 0 Å². The summed E-state index contributed by atoms with van der Waals surface area (Å²) in [4.78, 5) is 11.2. The van der Waals surface area contributed by atoms with E-state index in [0.717, 1.165) is 28.5 Å². The first-order valence-corrected chi connectivity index (χ1v) is 6.03. The zero-order valence-corrected chi connectivity index (χ0v) is 11.1. The molecule has 0 heterocycles. The highest BCUT2D eigenvalue weighted by atomic mass is 35.5. The molecule has 0 fully saturated rings. The van der Waals surface area contributed by atoms with E-state index in [1.807, 2.05) is 38.1 Å². The normalized spacial score (nSPS) is 10.4. The van der Waals surface area contributed by atoms with Gasteiger partial charge in [-0.05, 0) is 36.6 Å². The van der Waals surface area contributed by atoms with Gasteiger partial charge in [0, 0.05) is 11.1 Å². The second-order valence-corrected chi connectivity index (χ2v) is 4.70. The first-order valence-electron chi connectivity index (χ1n) is 5.66. The van der Waals surface area contributed by atoms with Gasteiger partial charge in [-0.2, -0.15) is 0 Å². The van der Waals surface area contributed by atoms with E-state index in [4.69, 9.17) is 17.3 Å². The summed E-state index contributed by atoms with van der Waals surface area (Å²) in [6.07, 6.45) is 0.849. The van der Waals surface area contributed by atoms with Gasteiger partial charge in [-0.15, -0.1) is 0 Å². The first-order chi connectivity index (χ1) is 8.56. The Morgan fingerprint density at radius 1 is 1.17 bits per heavy atom. The van der Waals surface area contributed by atoms with Gasteiger partial charge >= 0.3 is 0 Å². The molecule has 0 aliphatic carbocycles. The zero-order valence-electron chi connectivity index (χ0n) is 10.3. The number of aldehydes is 1. The molecule has 0 spiro atoms. The molecule has 2 aromatic rings. The summed E-state index contributed by atoms with van der Waals surface area (Å²) < 4.78 is 0. The SMILES string of the molecule is Cc1ccc(C=O)c(-c2cccc(Cl)c2N)c1C. The fourth-order valence-corrected chi connectivity index (χ4v) is 2.22. The number of carbonyl (C=O) groups excluding carboxylic acids is 1. The topological polar surface area (TPSA) is 43.1 Å². The van der Waals surface area contributed by atoms with E-state index >= 15 is 0 Å². The van der Waals surface area contributed by atoms with Gasteiger partial charge < -0.3 is 5.73 Å². The van der Waals surface area contributed by atoms with Gasteiger partial charge in [-0.3, -0.25) is 4.79 Å². The molecule has 0 aliphatic heterocycles. The van der Waals surface area contributed by atoms with Crippen LogP contribution in [0.1, 0.15) is 21.5 Å². The molecule has 0 saturated heterocycles. The van der Waals surface area contributed by atoms with E-state index in [0.29, 0.717) is 16.3 Å². The number of rotatable bonds is 2. The summed E-state index contributed by atoms with van der Waals surface area (Å²) in [5.74, 6) is 0. The largest absolute Gasteiger partial charge is 0.397 e. The lowest BCUT2D eigenvalue weighted by Crippen LogP contribution is -1.98. The number of nitrogens with two attached hydrogens (primary N) is 1. The molecule has 0 unspecified atom stereocenters. The van der Waals surface area contributed by atoms with Crippen LogP contribution < -0.4 is 5.73 Å². The maximum atomic E-state index is 11.2. The molecular weight excluding hydrogens is 246 g/mol. The predicted octanol–water partition coefficient (Wildman–Crippen LogP) is 4.02.